The number of rotatable bonds is 0. The van der Waals surface area contributed by atoms with Gasteiger partial charge >= 0.3 is 0 Å². The van der Waals surface area contributed by atoms with Crippen LogP contribution in [0.15, 0.2) is 33.0 Å². The smallest absolute Gasteiger partial charge is 0.173 e. The van der Waals surface area contributed by atoms with Gasteiger partial charge in [0.15, 0.2) is 5.83 Å². The van der Waals surface area contributed by atoms with Crippen LogP contribution >= 0.6 is 22.6 Å². The molecule has 1 aliphatic carbocycles. The zero-order chi connectivity index (χ0) is 5.98. The quantitative estimate of drug-likeness (QED) is 0.434. The molecule has 0 N–H and O–H groups in total. The maximum Gasteiger partial charge on any atom is 0.173 e. The minimum absolute atomic E-state index is 0.356. The third-order valence-electron chi connectivity index (χ3n) is 0.677. The van der Waals surface area contributed by atoms with Crippen molar-refractivity contribution in [1.82, 2.24) is 0 Å². The van der Waals surface area contributed by atoms with Crippen molar-refractivity contribution in [2.75, 3.05) is 0 Å². The molecular formula is C6H2FI. The standard InChI is InChI=1S/C6H2FI/c7-5-1-3-6(8)4-2-5/h1,3H. The molecule has 2 heteroatoms. The Labute approximate surface area is 60.2 Å². The summed E-state index contributed by atoms with van der Waals surface area (Å²) in [6, 6.07) is 0. The van der Waals surface area contributed by atoms with Gasteiger partial charge in [-0.3, -0.25) is 0 Å². The van der Waals surface area contributed by atoms with E-state index >= 15 is 0 Å². The summed E-state index contributed by atoms with van der Waals surface area (Å²) < 4.78 is 12.9. The first-order valence-corrected chi connectivity index (χ1v) is 3.12. The average Bonchev–Trinajstić information content (AvgIpc) is 1.77. The minimum atomic E-state index is -0.356. The molecule has 0 fully saturated rings. The van der Waals surface area contributed by atoms with Crippen molar-refractivity contribution < 1.29 is 4.39 Å². The molecule has 0 saturated heterocycles. The molecule has 8 heavy (non-hydrogen) atoms. The first-order chi connectivity index (χ1) is 3.79. The molecule has 0 aromatic carbocycles. The molecule has 0 aromatic heterocycles. The Hall–Kier alpha value is -0.300. The van der Waals surface area contributed by atoms with Crippen LogP contribution < -0.4 is 0 Å². The molecule has 0 radical (unpaired) electrons. The monoisotopic (exact) mass is 220 g/mol. The van der Waals surface area contributed by atoms with E-state index in [1.165, 1.54) is 6.08 Å². The first kappa shape index (κ1) is 5.83. The normalized spacial score (nSPS) is 15.8. The molecule has 0 bridgehead atoms. The van der Waals surface area contributed by atoms with Gasteiger partial charge in [0.05, 0.1) is 3.58 Å². The summed E-state index contributed by atoms with van der Waals surface area (Å²) >= 11 is 2.04. The Morgan fingerprint density at radius 1 is 1.38 bits per heavy atom. The van der Waals surface area contributed by atoms with E-state index in [1.807, 2.05) is 22.6 Å². The maximum atomic E-state index is 12.0. The van der Waals surface area contributed by atoms with Crippen molar-refractivity contribution in [2.45, 2.75) is 0 Å². The molecule has 0 atom stereocenters. The zero-order valence-corrected chi connectivity index (χ0v) is 6.07. The molecule has 0 heterocycles. The van der Waals surface area contributed by atoms with E-state index in [2.05, 4.69) is 11.5 Å². The lowest BCUT2D eigenvalue weighted by Gasteiger charge is -1.83. The van der Waals surface area contributed by atoms with E-state index in [0.29, 0.717) is 0 Å². The lowest BCUT2D eigenvalue weighted by atomic mass is 10.4. The molecule has 40 valence electrons. The first-order valence-electron chi connectivity index (χ1n) is 2.04. The van der Waals surface area contributed by atoms with Crippen LogP contribution in [0.2, 0.25) is 0 Å². The Morgan fingerprint density at radius 3 is 2.50 bits per heavy atom. The van der Waals surface area contributed by atoms with Crippen LogP contribution in [-0.2, 0) is 0 Å². The number of allylic oxidation sites excluding steroid dienone is 4. The Balaban J connectivity index is 3.19. The second-order valence-corrected chi connectivity index (χ2v) is 2.44. The summed E-state index contributed by atoms with van der Waals surface area (Å²) in [5.41, 5.74) is 4.89. The van der Waals surface area contributed by atoms with Gasteiger partial charge in [0.25, 0.3) is 0 Å². The lowest BCUT2D eigenvalue weighted by molar-refractivity contribution is 0.669. The van der Waals surface area contributed by atoms with Crippen LogP contribution in [0.1, 0.15) is 0 Å². The average molecular weight is 220 g/mol. The van der Waals surface area contributed by atoms with Gasteiger partial charge in [0.1, 0.15) is 0 Å². The van der Waals surface area contributed by atoms with Crippen LogP contribution in [0.5, 0.6) is 0 Å². The Kier molecular flexibility index (Phi) is 1.69. The third-order valence-corrected chi connectivity index (χ3v) is 1.31. The molecule has 0 amide bonds. The predicted octanol–water partition coefficient (Wildman–Crippen LogP) is 2.48. The summed E-state index contributed by atoms with van der Waals surface area (Å²) in [6.07, 6.45) is 3.00. The fourth-order valence-electron chi connectivity index (χ4n) is 0.349. The van der Waals surface area contributed by atoms with Gasteiger partial charge < -0.3 is 0 Å². The highest BCUT2D eigenvalue weighted by Crippen LogP contribution is 2.10. The second-order valence-electron chi connectivity index (χ2n) is 1.28. The summed E-state index contributed by atoms with van der Waals surface area (Å²) in [6.45, 7) is 0. The summed E-state index contributed by atoms with van der Waals surface area (Å²) in [4.78, 5) is 0. The summed E-state index contributed by atoms with van der Waals surface area (Å²) in [5, 5.41) is 0. The maximum absolute atomic E-state index is 12.0. The van der Waals surface area contributed by atoms with Crippen LogP contribution in [0.25, 0.3) is 0 Å². The SMILES string of the molecule is FC1=C=C=C(I)C=C1. The van der Waals surface area contributed by atoms with Crippen molar-refractivity contribution in [2.24, 2.45) is 0 Å². The fourth-order valence-corrected chi connectivity index (χ4v) is 0.664. The molecule has 0 unspecified atom stereocenters. The van der Waals surface area contributed by atoms with Gasteiger partial charge in [-0.2, -0.15) is 4.39 Å². The van der Waals surface area contributed by atoms with Gasteiger partial charge in [0, 0.05) is 0 Å². The molecule has 0 aromatic rings. The second kappa shape index (κ2) is 2.31. The van der Waals surface area contributed by atoms with E-state index in [4.69, 9.17) is 0 Å². The van der Waals surface area contributed by atoms with E-state index in [9.17, 15) is 4.39 Å². The summed E-state index contributed by atoms with van der Waals surface area (Å²) in [5.74, 6) is -0.356. The number of hydrogen-bond donors (Lipinski definition) is 0. The topological polar surface area (TPSA) is 0 Å². The predicted molar refractivity (Wildman–Crippen MR) is 38.3 cm³/mol. The van der Waals surface area contributed by atoms with Crippen molar-refractivity contribution >= 4 is 22.6 Å². The molecule has 1 aliphatic rings. The Bertz CT molecular complexity index is 201. The molecule has 0 spiro atoms. The van der Waals surface area contributed by atoms with Crippen LogP contribution in [0, 0.1) is 0 Å². The van der Waals surface area contributed by atoms with E-state index in [1.54, 1.807) is 6.08 Å². The van der Waals surface area contributed by atoms with Crippen molar-refractivity contribution in [3.05, 3.63) is 33.0 Å². The summed E-state index contributed by atoms with van der Waals surface area (Å²) in [7, 11) is 0. The zero-order valence-electron chi connectivity index (χ0n) is 3.91. The van der Waals surface area contributed by atoms with Gasteiger partial charge in [-0.25, -0.2) is 0 Å². The third kappa shape index (κ3) is 1.34. The highest BCUT2D eigenvalue weighted by Gasteiger charge is 1.88. The lowest BCUT2D eigenvalue weighted by Crippen LogP contribution is -1.65. The van der Waals surface area contributed by atoms with E-state index < -0.39 is 0 Å². The van der Waals surface area contributed by atoms with Crippen LogP contribution in [-0.4, -0.2) is 0 Å². The molecule has 0 saturated carbocycles. The van der Waals surface area contributed by atoms with E-state index in [0.717, 1.165) is 3.58 Å². The number of hydrogen-bond acceptors (Lipinski definition) is 0. The molecular weight excluding hydrogens is 218 g/mol. The highest BCUT2D eigenvalue weighted by atomic mass is 127. The number of halogens is 2. The van der Waals surface area contributed by atoms with Gasteiger partial charge in [-0.05, 0) is 40.5 Å². The van der Waals surface area contributed by atoms with Gasteiger partial charge in [-0.15, -0.1) is 0 Å². The molecule has 0 aliphatic heterocycles. The fraction of sp³-hybridized carbons (Fsp3) is 0. The van der Waals surface area contributed by atoms with Crippen molar-refractivity contribution in [3.63, 3.8) is 0 Å². The minimum Gasteiger partial charge on any atom is -0.197 e. The van der Waals surface area contributed by atoms with Crippen LogP contribution in [0.3, 0.4) is 0 Å². The molecule has 1 rings (SSSR count). The Morgan fingerprint density at radius 2 is 2.12 bits per heavy atom. The van der Waals surface area contributed by atoms with Crippen LogP contribution in [0.4, 0.5) is 4.39 Å². The molecule has 0 nitrogen and oxygen atoms in total. The van der Waals surface area contributed by atoms with Gasteiger partial charge in [0.2, 0.25) is 0 Å². The van der Waals surface area contributed by atoms with Gasteiger partial charge in [-0.1, -0.05) is 5.73 Å². The van der Waals surface area contributed by atoms with Crippen molar-refractivity contribution in [1.29, 1.82) is 0 Å². The van der Waals surface area contributed by atoms with Crippen molar-refractivity contribution in [3.8, 4) is 0 Å². The van der Waals surface area contributed by atoms with E-state index in [-0.39, 0.29) is 5.83 Å². The largest absolute Gasteiger partial charge is 0.197 e. The highest BCUT2D eigenvalue weighted by molar-refractivity contribution is 14.1.